The van der Waals surface area contributed by atoms with Gasteiger partial charge in [-0.25, -0.2) is 13.2 Å². The van der Waals surface area contributed by atoms with Crippen molar-refractivity contribution in [3.05, 3.63) is 23.2 Å². The highest BCUT2D eigenvalue weighted by Crippen LogP contribution is 2.22. The van der Waals surface area contributed by atoms with Gasteiger partial charge in [0.2, 0.25) is 0 Å². The van der Waals surface area contributed by atoms with Gasteiger partial charge in [-0.15, -0.1) is 0 Å². The summed E-state index contributed by atoms with van der Waals surface area (Å²) in [7, 11) is -3.11. The first kappa shape index (κ1) is 16.5. The molecule has 1 aliphatic rings. The molecule has 1 aromatic rings. The lowest BCUT2D eigenvalue weighted by Gasteiger charge is -2.23. The third-order valence-electron chi connectivity index (χ3n) is 3.54. The molecule has 7 nitrogen and oxygen atoms in total. The molecule has 2 rings (SSSR count). The molecule has 1 fully saturated rings. The lowest BCUT2D eigenvalue weighted by atomic mass is 10.0. The van der Waals surface area contributed by atoms with E-state index in [-0.39, 0.29) is 17.1 Å². The average Bonchev–Trinajstić information content (AvgIpc) is 2.85. The Morgan fingerprint density at radius 1 is 1.41 bits per heavy atom. The van der Waals surface area contributed by atoms with Gasteiger partial charge in [-0.3, -0.25) is 4.79 Å². The van der Waals surface area contributed by atoms with Gasteiger partial charge in [-0.1, -0.05) is 0 Å². The number of aryl methyl sites for hydroxylation is 2. The van der Waals surface area contributed by atoms with Gasteiger partial charge >= 0.3 is 5.97 Å². The van der Waals surface area contributed by atoms with Crippen LogP contribution in [0.15, 0.2) is 10.5 Å². The number of amides is 1. The predicted molar refractivity (Wildman–Crippen MR) is 78.3 cm³/mol. The van der Waals surface area contributed by atoms with E-state index in [0.29, 0.717) is 17.9 Å². The van der Waals surface area contributed by atoms with Gasteiger partial charge in [-0.2, -0.15) is 0 Å². The van der Waals surface area contributed by atoms with Crippen molar-refractivity contribution >= 4 is 21.7 Å². The highest BCUT2D eigenvalue weighted by molar-refractivity contribution is 7.91. The third kappa shape index (κ3) is 3.88. The molecule has 1 aromatic heterocycles. The van der Waals surface area contributed by atoms with Crippen LogP contribution in [0.5, 0.6) is 0 Å². The second-order valence-electron chi connectivity index (χ2n) is 5.85. The molecule has 0 spiro atoms. The Bertz CT molecular complexity index is 705. The Morgan fingerprint density at radius 3 is 2.59 bits per heavy atom. The van der Waals surface area contributed by atoms with Crippen LogP contribution in [-0.4, -0.2) is 43.9 Å². The largest absolute Gasteiger partial charge is 0.466 e. The summed E-state index contributed by atoms with van der Waals surface area (Å²) in [6.07, 6.45) is 0.356. The number of ether oxygens (including phenoxy) is 1. The van der Waals surface area contributed by atoms with E-state index in [1.807, 2.05) is 0 Å². The molecule has 1 N–H and O–H groups in total. The molecule has 8 heteroatoms. The van der Waals surface area contributed by atoms with Crippen LogP contribution in [0.4, 0.5) is 0 Å². The van der Waals surface area contributed by atoms with Gasteiger partial charge in [-0.05, 0) is 33.3 Å². The van der Waals surface area contributed by atoms with Crippen LogP contribution in [-0.2, 0) is 19.4 Å². The second kappa shape index (κ2) is 5.75. The molecule has 0 unspecified atom stereocenters. The van der Waals surface area contributed by atoms with Crippen molar-refractivity contribution in [1.82, 2.24) is 5.32 Å². The number of esters is 1. The number of nitrogens with one attached hydrogen (secondary N) is 1. The topological polar surface area (TPSA) is 103 Å². The molecule has 0 saturated carbocycles. The van der Waals surface area contributed by atoms with Gasteiger partial charge in [0.15, 0.2) is 16.4 Å². The molecule has 1 aliphatic heterocycles. The minimum atomic E-state index is -3.11. The van der Waals surface area contributed by atoms with Crippen molar-refractivity contribution in [3.8, 4) is 0 Å². The number of rotatable bonds is 4. The monoisotopic (exact) mass is 329 g/mol. The summed E-state index contributed by atoms with van der Waals surface area (Å²) in [4.78, 5) is 23.7. The van der Waals surface area contributed by atoms with E-state index in [2.05, 4.69) is 5.32 Å². The van der Waals surface area contributed by atoms with Crippen LogP contribution >= 0.6 is 0 Å². The highest BCUT2D eigenvalue weighted by atomic mass is 32.2. The molecule has 0 aliphatic carbocycles. The number of hydrogen-bond donors (Lipinski definition) is 1. The molecule has 1 amide bonds. The van der Waals surface area contributed by atoms with Crippen LogP contribution in [0.1, 0.15) is 35.2 Å². The summed E-state index contributed by atoms with van der Waals surface area (Å²) < 4.78 is 33.1. The second-order valence-corrected chi connectivity index (χ2v) is 8.04. The Hall–Kier alpha value is -1.83. The lowest BCUT2D eigenvalue weighted by molar-refractivity contribution is -0.125. The van der Waals surface area contributed by atoms with E-state index in [4.69, 9.17) is 9.15 Å². The Balaban J connectivity index is 1.88. The first-order valence-electron chi connectivity index (χ1n) is 6.86. The number of carbonyl (C=O) groups excluding carboxylic acids is 2. The smallest absolute Gasteiger partial charge is 0.342 e. The van der Waals surface area contributed by atoms with Crippen LogP contribution in [0.2, 0.25) is 0 Å². The Morgan fingerprint density at radius 2 is 2.09 bits per heavy atom. The van der Waals surface area contributed by atoms with Gasteiger partial charge < -0.3 is 14.5 Å². The van der Waals surface area contributed by atoms with E-state index in [0.717, 1.165) is 0 Å². The quantitative estimate of drug-likeness (QED) is 0.818. The molecule has 122 valence electrons. The van der Waals surface area contributed by atoms with E-state index < -0.39 is 33.9 Å². The fourth-order valence-electron chi connectivity index (χ4n) is 2.52. The first-order chi connectivity index (χ1) is 10.1. The maximum absolute atomic E-state index is 11.8. The molecule has 0 aromatic carbocycles. The van der Waals surface area contributed by atoms with E-state index in [9.17, 15) is 18.0 Å². The van der Waals surface area contributed by atoms with Crippen LogP contribution in [0.25, 0.3) is 0 Å². The SMILES string of the molecule is Cc1cc(C(=O)OCC(=O)N[C@]2(C)CCS(=O)(=O)C2)c(C)o1. The van der Waals surface area contributed by atoms with Gasteiger partial charge in [0.05, 0.1) is 17.0 Å². The zero-order valence-electron chi connectivity index (χ0n) is 12.8. The number of hydrogen-bond acceptors (Lipinski definition) is 6. The highest BCUT2D eigenvalue weighted by Gasteiger charge is 2.39. The zero-order chi connectivity index (χ0) is 16.5. The van der Waals surface area contributed by atoms with E-state index in [1.165, 1.54) is 0 Å². The van der Waals surface area contributed by atoms with Gasteiger partial charge in [0.1, 0.15) is 17.1 Å². The van der Waals surface area contributed by atoms with Gasteiger partial charge in [0, 0.05) is 0 Å². The lowest BCUT2D eigenvalue weighted by Crippen LogP contribution is -2.48. The summed E-state index contributed by atoms with van der Waals surface area (Å²) >= 11 is 0. The third-order valence-corrected chi connectivity index (χ3v) is 5.44. The van der Waals surface area contributed by atoms with Crippen LogP contribution in [0, 0.1) is 13.8 Å². The standard InChI is InChI=1S/C14H19NO6S/c1-9-6-11(10(2)21-9)13(17)20-7-12(16)15-14(3)4-5-22(18,19)8-14/h6H,4-5,7-8H2,1-3H3,(H,15,16)/t14-/m1/s1. The van der Waals surface area contributed by atoms with Crippen molar-refractivity contribution in [2.45, 2.75) is 32.7 Å². The fraction of sp³-hybridized carbons (Fsp3) is 0.571. The fourth-order valence-corrected chi connectivity index (χ4v) is 4.62. The molecule has 0 radical (unpaired) electrons. The van der Waals surface area contributed by atoms with Crippen molar-refractivity contribution in [2.24, 2.45) is 0 Å². The summed E-state index contributed by atoms with van der Waals surface area (Å²) in [5.74, 6) is -0.203. The minimum Gasteiger partial charge on any atom is -0.466 e. The zero-order valence-corrected chi connectivity index (χ0v) is 13.6. The normalized spacial score (nSPS) is 23.2. The summed E-state index contributed by atoms with van der Waals surface area (Å²) in [6, 6.07) is 1.54. The maximum atomic E-state index is 11.8. The summed E-state index contributed by atoms with van der Waals surface area (Å²) in [5, 5.41) is 2.62. The summed E-state index contributed by atoms with van der Waals surface area (Å²) in [5.41, 5.74) is -0.523. The van der Waals surface area contributed by atoms with Crippen LogP contribution < -0.4 is 5.32 Å². The first-order valence-corrected chi connectivity index (χ1v) is 8.68. The minimum absolute atomic E-state index is 0.0526. The molecular weight excluding hydrogens is 310 g/mol. The van der Waals surface area contributed by atoms with E-state index >= 15 is 0 Å². The van der Waals surface area contributed by atoms with Gasteiger partial charge in [0.25, 0.3) is 5.91 Å². The van der Waals surface area contributed by atoms with Crippen molar-refractivity contribution in [1.29, 1.82) is 0 Å². The molecule has 0 bridgehead atoms. The van der Waals surface area contributed by atoms with Crippen LogP contribution in [0.3, 0.4) is 0 Å². The predicted octanol–water partition coefficient (Wildman–Crippen LogP) is 0.747. The Labute approximate surface area is 128 Å². The van der Waals surface area contributed by atoms with Crippen molar-refractivity contribution in [2.75, 3.05) is 18.1 Å². The maximum Gasteiger partial charge on any atom is 0.342 e. The molecule has 2 heterocycles. The molecule has 1 saturated heterocycles. The summed E-state index contributed by atoms with van der Waals surface area (Å²) in [6.45, 7) is 4.55. The van der Waals surface area contributed by atoms with E-state index in [1.54, 1.807) is 26.8 Å². The molecule has 22 heavy (non-hydrogen) atoms. The number of furan rings is 1. The van der Waals surface area contributed by atoms with Crippen molar-refractivity contribution in [3.63, 3.8) is 0 Å². The van der Waals surface area contributed by atoms with Crippen molar-refractivity contribution < 1.29 is 27.2 Å². The number of carbonyl (C=O) groups is 2. The molecular formula is C14H19NO6S. The average molecular weight is 329 g/mol. The Kier molecular flexibility index (Phi) is 4.32. The number of sulfone groups is 1. The molecule has 1 atom stereocenters.